The number of halogens is 1. The highest BCUT2D eigenvalue weighted by atomic mass is 79.9. The van der Waals surface area contributed by atoms with Crippen LogP contribution >= 0.6 is 15.9 Å². The Kier molecular flexibility index (Phi) is 3.52. The van der Waals surface area contributed by atoms with Gasteiger partial charge in [0.15, 0.2) is 0 Å². The van der Waals surface area contributed by atoms with Crippen molar-refractivity contribution in [3.8, 4) is 5.75 Å². The summed E-state index contributed by atoms with van der Waals surface area (Å²) in [5.41, 5.74) is 6.24. The summed E-state index contributed by atoms with van der Waals surface area (Å²) >= 11 is 3.46. The zero-order chi connectivity index (χ0) is 13.9. The van der Waals surface area contributed by atoms with Crippen molar-refractivity contribution in [3.63, 3.8) is 0 Å². The highest BCUT2D eigenvalue weighted by molar-refractivity contribution is 9.10. The summed E-state index contributed by atoms with van der Waals surface area (Å²) in [4.78, 5) is 8.13. The van der Waals surface area contributed by atoms with E-state index in [1.807, 2.05) is 24.3 Å². The quantitative estimate of drug-likeness (QED) is 0.798. The fourth-order valence-corrected chi connectivity index (χ4v) is 2.26. The van der Waals surface area contributed by atoms with Gasteiger partial charge >= 0.3 is 0 Å². The number of aromatic nitrogens is 2. The number of fused-ring (bicyclic) bond motifs is 1. The van der Waals surface area contributed by atoms with Gasteiger partial charge in [-0.05, 0) is 35.0 Å². The Morgan fingerprint density at radius 2 is 1.80 bits per heavy atom. The summed E-state index contributed by atoms with van der Waals surface area (Å²) in [6, 6.07) is 12.1. The van der Waals surface area contributed by atoms with Gasteiger partial charge in [-0.25, -0.2) is 4.98 Å². The lowest BCUT2D eigenvalue weighted by atomic mass is 10.1. The molecule has 1 heterocycles. The van der Waals surface area contributed by atoms with E-state index in [4.69, 9.17) is 10.5 Å². The summed E-state index contributed by atoms with van der Waals surface area (Å²) in [5.74, 6) is 1.21. The molecule has 100 valence electrons. The van der Waals surface area contributed by atoms with Crippen LogP contribution in [0.25, 0.3) is 10.8 Å². The minimum Gasteiger partial charge on any atom is -0.487 e. The number of hydrogen-bond acceptors (Lipinski definition) is 4. The molecule has 0 aliphatic rings. The van der Waals surface area contributed by atoms with Crippen LogP contribution in [0.1, 0.15) is 5.69 Å². The molecule has 0 bridgehead atoms. The number of hydrogen-bond donors (Lipinski definition) is 1. The van der Waals surface area contributed by atoms with Crippen molar-refractivity contribution in [2.45, 2.75) is 6.61 Å². The molecule has 0 spiro atoms. The predicted octanol–water partition coefficient (Wildman–Crippen LogP) is 3.55. The maximum Gasteiger partial charge on any atom is 0.141 e. The molecule has 0 atom stereocenters. The minimum absolute atomic E-state index is 0.370. The molecule has 1 aromatic heterocycles. The summed E-state index contributed by atoms with van der Waals surface area (Å²) in [6.07, 6.45) is 3.14. The lowest BCUT2D eigenvalue weighted by molar-refractivity contribution is 0.301. The van der Waals surface area contributed by atoms with Crippen LogP contribution in [0.15, 0.2) is 53.3 Å². The lowest BCUT2D eigenvalue weighted by Gasteiger charge is -2.07. The topological polar surface area (TPSA) is 61.0 Å². The van der Waals surface area contributed by atoms with Gasteiger partial charge in [0.1, 0.15) is 18.2 Å². The first kappa shape index (κ1) is 12.9. The Morgan fingerprint density at radius 1 is 1.00 bits per heavy atom. The van der Waals surface area contributed by atoms with Crippen LogP contribution in [0, 0.1) is 0 Å². The van der Waals surface area contributed by atoms with Crippen LogP contribution in [0.5, 0.6) is 5.75 Å². The summed E-state index contributed by atoms with van der Waals surface area (Å²) < 4.78 is 6.78. The molecule has 0 saturated carbocycles. The molecular weight excluding hydrogens is 318 g/mol. The van der Waals surface area contributed by atoms with E-state index < -0.39 is 0 Å². The highest BCUT2D eigenvalue weighted by Crippen LogP contribution is 2.24. The van der Waals surface area contributed by atoms with Gasteiger partial charge < -0.3 is 10.5 Å². The molecule has 0 aliphatic heterocycles. The van der Waals surface area contributed by atoms with Crippen molar-refractivity contribution < 1.29 is 4.74 Å². The average molecular weight is 330 g/mol. The van der Waals surface area contributed by atoms with Gasteiger partial charge in [-0.2, -0.15) is 0 Å². The molecule has 0 aliphatic carbocycles. The Labute approximate surface area is 124 Å². The Bertz CT molecular complexity index is 744. The number of anilines is 1. The van der Waals surface area contributed by atoms with E-state index in [0.29, 0.717) is 12.4 Å². The van der Waals surface area contributed by atoms with Crippen LogP contribution in [0.2, 0.25) is 0 Å². The van der Waals surface area contributed by atoms with Gasteiger partial charge in [-0.1, -0.05) is 28.1 Å². The first-order chi connectivity index (χ1) is 9.70. The van der Waals surface area contributed by atoms with E-state index in [1.54, 1.807) is 6.20 Å². The van der Waals surface area contributed by atoms with Crippen molar-refractivity contribution in [3.05, 3.63) is 59.0 Å². The monoisotopic (exact) mass is 329 g/mol. The second-order valence-electron chi connectivity index (χ2n) is 4.37. The van der Waals surface area contributed by atoms with E-state index in [0.717, 1.165) is 21.3 Å². The number of benzene rings is 2. The number of nitrogens with zero attached hydrogens (tertiary/aromatic N) is 2. The van der Waals surface area contributed by atoms with E-state index >= 15 is 0 Å². The van der Waals surface area contributed by atoms with Crippen LogP contribution in [-0.2, 0) is 6.61 Å². The smallest absolute Gasteiger partial charge is 0.141 e. The average Bonchev–Trinajstić information content (AvgIpc) is 2.46. The fraction of sp³-hybridized carbons (Fsp3) is 0.0667. The maximum absolute atomic E-state index is 5.72. The minimum atomic E-state index is 0.370. The molecule has 2 N–H and O–H groups in total. The lowest BCUT2D eigenvalue weighted by Crippen LogP contribution is -2.00. The van der Waals surface area contributed by atoms with Gasteiger partial charge in [0.25, 0.3) is 0 Å². The SMILES string of the molecule is Nc1cnc(COc2ccc3cc(Br)ccc3c2)cn1. The molecule has 5 heteroatoms. The van der Waals surface area contributed by atoms with Gasteiger partial charge in [0.05, 0.1) is 18.1 Å². The van der Waals surface area contributed by atoms with Crippen molar-refractivity contribution in [1.29, 1.82) is 0 Å². The molecule has 0 unspecified atom stereocenters. The molecule has 3 rings (SSSR count). The zero-order valence-electron chi connectivity index (χ0n) is 10.6. The van der Waals surface area contributed by atoms with E-state index in [-0.39, 0.29) is 0 Å². The van der Waals surface area contributed by atoms with Crippen molar-refractivity contribution in [1.82, 2.24) is 9.97 Å². The first-order valence-corrected chi connectivity index (χ1v) is 6.88. The summed E-state index contributed by atoms with van der Waals surface area (Å²) in [6.45, 7) is 0.370. The molecule has 0 radical (unpaired) electrons. The fourth-order valence-electron chi connectivity index (χ4n) is 1.88. The largest absolute Gasteiger partial charge is 0.487 e. The van der Waals surface area contributed by atoms with Gasteiger partial charge in [0, 0.05) is 4.47 Å². The number of rotatable bonds is 3. The second-order valence-corrected chi connectivity index (χ2v) is 5.29. The van der Waals surface area contributed by atoms with Crippen LogP contribution in [-0.4, -0.2) is 9.97 Å². The summed E-state index contributed by atoms with van der Waals surface area (Å²) in [7, 11) is 0. The van der Waals surface area contributed by atoms with Crippen molar-refractivity contribution in [2.75, 3.05) is 5.73 Å². The van der Waals surface area contributed by atoms with Crippen LogP contribution in [0.4, 0.5) is 5.82 Å². The summed E-state index contributed by atoms with van der Waals surface area (Å²) in [5, 5.41) is 2.30. The predicted molar refractivity (Wildman–Crippen MR) is 82.4 cm³/mol. The molecule has 0 fully saturated rings. The van der Waals surface area contributed by atoms with Gasteiger partial charge in [-0.3, -0.25) is 4.98 Å². The molecule has 0 amide bonds. The number of nitrogen functional groups attached to an aromatic ring is 1. The third-order valence-corrected chi connectivity index (χ3v) is 3.38. The number of nitrogens with two attached hydrogens (primary N) is 1. The first-order valence-electron chi connectivity index (χ1n) is 6.09. The zero-order valence-corrected chi connectivity index (χ0v) is 12.2. The Hall–Kier alpha value is -2.14. The molecule has 20 heavy (non-hydrogen) atoms. The Morgan fingerprint density at radius 3 is 2.60 bits per heavy atom. The van der Waals surface area contributed by atoms with E-state index in [9.17, 15) is 0 Å². The Balaban J connectivity index is 1.77. The van der Waals surface area contributed by atoms with Crippen LogP contribution in [0.3, 0.4) is 0 Å². The third-order valence-electron chi connectivity index (χ3n) is 2.89. The number of ether oxygens (including phenoxy) is 1. The maximum atomic E-state index is 5.72. The molecule has 2 aromatic carbocycles. The van der Waals surface area contributed by atoms with Gasteiger partial charge in [-0.15, -0.1) is 0 Å². The highest BCUT2D eigenvalue weighted by Gasteiger charge is 2.00. The third kappa shape index (κ3) is 2.88. The van der Waals surface area contributed by atoms with Crippen LogP contribution < -0.4 is 10.5 Å². The van der Waals surface area contributed by atoms with E-state index in [1.165, 1.54) is 11.6 Å². The molecule has 0 saturated heterocycles. The van der Waals surface area contributed by atoms with Crippen molar-refractivity contribution >= 4 is 32.5 Å². The van der Waals surface area contributed by atoms with E-state index in [2.05, 4.69) is 38.0 Å². The standard InChI is InChI=1S/C15H12BrN3O/c16-12-3-1-11-6-14(4-2-10(11)5-12)20-9-13-7-19-15(17)8-18-13/h1-8H,9H2,(H2,17,19). The normalized spacial score (nSPS) is 10.7. The second kappa shape index (κ2) is 5.46. The molecular formula is C15H12BrN3O. The molecule has 3 aromatic rings. The van der Waals surface area contributed by atoms with Crippen molar-refractivity contribution in [2.24, 2.45) is 0 Å². The molecule has 4 nitrogen and oxygen atoms in total. The van der Waals surface area contributed by atoms with Gasteiger partial charge in [0.2, 0.25) is 0 Å².